The quantitative estimate of drug-likeness (QED) is 0.404. The first-order valence-electron chi connectivity index (χ1n) is 11.9. The van der Waals surface area contributed by atoms with Gasteiger partial charge in [-0.25, -0.2) is 4.39 Å². The third-order valence-electron chi connectivity index (χ3n) is 5.73. The van der Waals surface area contributed by atoms with Crippen molar-refractivity contribution in [1.29, 1.82) is 0 Å². The molecule has 0 radical (unpaired) electrons. The molecule has 0 aromatic heterocycles. The molecule has 1 aliphatic heterocycles. The lowest BCUT2D eigenvalue weighted by atomic mass is 9.99. The van der Waals surface area contributed by atoms with Crippen LogP contribution in [0, 0.1) is 6.92 Å². The van der Waals surface area contributed by atoms with Crippen LogP contribution in [-0.4, -0.2) is 68.2 Å². The number of alkyl halides is 1. The van der Waals surface area contributed by atoms with Gasteiger partial charge in [0.2, 0.25) is 12.5 Å². The fourth-order valence-corrected chi connectivity index (χ4v) is 4.03. The standard InChI is InChI=1S/C27H30FNO9/c1-14-11-19(18-7-6-8-20(12-18)26(33)29-5)9-10-21(14)37-27-23(28)25(36-17(4)32)24(35-16(3)31)22(38-27)13-34-15(2)30/h6-12,22-25,27H,13H2,1-5H3,(H,29,33). The minimum absolute atomic E-state index is 0.218. The third kappa shape index (κ3) is 7.06. The molecule has 2 aromatic rings. The molecule has 0 spiro atoms. The van der Waals surface area contributed by atoms with Crippen LogP contribution >= 0.6 is 0 Å². The van der Waals surface area contributed by atoms with Crippen LogP contribution in [0.5, 0.6) is 5.75 Å². The van der Waals surface area contributed by atoms with E-state index in [0.29, 0.717) is 11.1 Å². The van der Waals surface area contributed by atoms with Gasteiger partial charge in [-0.3, -0.25) is 19.2 Å². The maximum atomic E-state index is 15.6. The summed E-state index contributed by atoms with van der Waals surface area (Å²) in [6.45, 7) is 4.73. The fourth-order valence-electron chi connectivity index (χ4n) is 4.03. The SMILES string of the molecule is CNC(=O)c1cccc(-c2ccc(OC3OC(COC(C)=O)C(OC(C)=O)C(OC(C)=O)C3F)c(C)c2)c1. The van der Waals surface area contributed by atoms with E-state index in [4.69, 9.17) is 23.7 Å². The molecule has 1 N–H and O–H groups in total. The number of rotatable bonds is 8. The maximum absolute atomic E-state index is 15.6. The highest BCUT2D eigenvalue weighted by atomic mass is 19.1. The fraction of sp³-hybridized carbons (Fsp3) is 0.407. The second-order valence-corrected chi connectivity index (χ2v) is 8.70. The minimum atomic E-state index is -2.04. The van der Waals surface area contributed by atoms with Gasteiger partial charge in [-0.2, -0.15) is 0 Å². The van der Waals surface area contributed by atoms with E-state index in [1.54, 1.807) is 50.4 Å². The predicted octanol–water partition coefficient (Wildman–Crippen LogP) is 2.89. The number of aryl methyl sites for hydroxylation is 1. The summed E-state index contributed by atoms with van der Waals surface area (Å²) >= 11 is 0. The first-order valence-corrected chi connectivity index (χ1v) is 11.9. The van der Waals surface area contributed by atoms with Gasteiger partial charge in [0.05, 0.1) is 0 Å². The first-order chi connectivity index (χ1) is 18.0. The number of nitrogens with one attached hydrogen (secondary N) is 1. The molecule has 38 heavy (non-hydrogen) atoms. The molecule has 5 atom stereocenters. The smallest absolute Gasteiger partial charge is 0.303 e. The molecule has 2 aromatic carbocycles. The number of hydrogen-bond donors (Lipinski definition) is 1. The van der Waals surface area contributed by atoms with Crippen molar-refractivity contribution in [2.45, 2.75) is 58.5 Å². The summed E-state index contributed by atoms with van der Waals surface area (Å²) in [5.41, 5.74) is 2.71. The van der Waals surface area contributed by atoms with Gasteiger partial charge in [0, 0.05) is 33.4 Å². The normalized spacial score (nSPS) is 22.6. The molecule has 1 amide bonds. The number of benzene rings is 2. The molecule has 0 aliphatic carbocycles. The minimum Gasteiger partial charge on any atom is -0.463 e. The number of ether oxygens (including phenoxy) is 5. The van der Waals surface area contributed by atoms with E-state index in [1.807, 2.05) is 6.07 Å². The summed E-state index contributed by atoms with van der Waals surface area (Å²) in [5.74, 6) is -2.14. The second kappa shape index (κ2) is 12.5. The van der Waals surface area contributed by atoms with Crippen LogP contribution in [0.1, 0.15) is 36.7 Å². The zero-order valence-corrected chi connectivity index (χ0v) is 21.7. The number of esters is 3. The Balaban J connectivity index is 1.87. The molecule has 0 saturated carbocycles. The van der Waals surface area contributed by atoms with Gasteiger partial charge in [0.15, 0.2) is 12.2 Å². The van der Waals surface area contributed by atoms with Crippen molar-refractivity contribution >= 4 is 23.8 Å². The molecule has 10 nitrogen and oxygen atoms in total. The van der Waals surface area contributed by atoms with Crippen LogP contribution in [-0.2, 0) is 33.3 Å². The van der Waals surface area contributed by atoms with Crippen molar-refractivity contribution in [2.75, 3.05) is 13.7 Å². The number of hydrogen-bond acceptors (Lipinski definition) is 9. The van der Waals surface area contributed by atoms with Gasteiger partial charge in [-0.05, 0) is 47.9 Å². The summed E-state index contributed by atoms with van der Waals surface area (Å²) in [7, 11) is 1.55. The monoisotopic (exact) mass is 531 g/mol. The molecule has 1 aliphatic rings. The molecule has 3 rings (SSSR count). The Morgan fingerprint density at radius 1 is 0.921 bits per heavy atom. The molecular weight excluding hydrogens is 501 g/mol. The highest BCUT2D eigenvalue weighted by molar-refractivity contribution is 5.95. The highest BCUT2D eigenvalue weighted by Crippen LogP contribution is 2.33. The lowest BCUT2D eigenvalue weighted by Gasteiger charge is -2.41. The van der Waals surface area contributed by atoms with Crippen molar-refractivity contribution in [3.63, 3.8) is 0 Å². The van der Waals surface area contributed by atoms with Crippen molar-refractivity contribution in [3.8, 4) is 16.9 Å². The van der Waals surface area contributed by atoms with Gasteiger partial charge >= 0.3 is 17.9 Å². The van der Waals surface area contributed by atoms with Crippen LogP contribution in [0.2, 0.25) is 0 Å². The molecule has 0 bridgehead atoms. The Morgan fingerprint density at radius 3 is 2.18 bits per heavy atom. The van der Waals surface area contributed by atoms with Gasteiger partial charge in [0.1, 0.15) is 18.5 Å². The Hall–Kier alpha value is -3.99. The van der Waals surface area contributed by atoms with Crippen molar-refractivity contribution in [2.24, 2.45) is 0 Å². The Kier molecular flexibility index (Phi) is 9.40. The zero-order chi connectivity index (χ0) is 28.0. The lowest BCUT2D eigenvalue weighted by Crippen LogP contribution is -2.61. The van der Waals surface area contributed by atoms with E-state index in [9.17, 15) is 19.2 Å². The summed E-state index contributed by atoms with van der Waals surface area (Å²) in [6.07, 6.45) is -7.73. The van der Waals surface area contributed by atoms with Crippen LogP contribution < -0.4 is 10.1 Å². The topological polar surface area (TPSA) is 126 Å². The average molecular weight is 532 g/mol. The summed E-state index contributed by atoms with van der Waals surface area (Å²) in [5, 5.41) is 2.58. The largest absolute Gasteiger partial charge is 0.463 e. The molecular formula is C27H30FNO9. The van der Waals surface area contributed by atoms with E-state index in [1.165, 1.54) is 6.92 Å². The van der Waals surface area contributed by atoms with E-state index in [-0.39, 0.29) is 11.7 Å². The molecule has 1 heterocycles. The van der Waals surface area contributed by atoms with Crippen molar-refractivity contribution < 1.29 is 47.3 Å². The van der Waals surface area contributed by atoms with Crippen LogP contribution in [0.15, 0.2) is 42.5 Å². The summed E-state index contributed by atoms with van der Waals surface area (Å²) in [4.78, 5) is 46.8. The molecule has 204 valence electrons. The van der Waals surface area contributed by atoms with E-state index >= 15 is 4.39 Å². The van der Waals surface area contributed by atoms with Crippen LogP contribution in [0.3, 0.4) is 0 Å². The molecule has 11 heteroatoms. The maximum Gasteiger partial charge on any atom is 0.303 e. The Labute approximate surface area is 219 Å². The predicted molar refractivity (Wildman–Crippen MR) is 132 cm³/mol. The van der Waals surface area contributed by atoms with Crippen LogP contribution in [0.25, 0.3) is 11.1 Å². The summed E-state index contributed by atoms with van der Waals surface area (Å²) in [6, 6.07) is 12.2. The van der Waals surface area contributed by atoms with Gasteiger partial charge in [-0.15, -0.1) is 0 Å². The van der Waals surface area contributed by atoms with Crippen LogP contribution in [0.4, 0.5) is 4.39 Å². The number of amides is 1. The second-order valence-electron chi connectivity index (χ2n) is 8.70. The Morgan fingerprint density at radius 2 is 1.58 bits per heavy atom. The van der Waals surface area contributed by atoms with Gasteiger partial charge in [0.25, 0.3) is 5.91 Å². The lowest BCUT2D eigenvalue weighted by molar-refractivity contribution is -0.271. The number of carbonyl (C=O) groups is 4. The molecule has 1 saturated heterocycles. The van der Waals surface area contributed by atoms with E-state index in [0.717, 1.165) is 25.0 Å². The van der Waals surface area contributed by atoms with Gasteiger partial charge < -0.3 is 29.0 Å². The van der Waals surface area contributed by atoms with E-state index in [2.05, 4.69) is 5.32 Å². The van der Waals surface area contributed by atoms with Gasteiger partial charge in [-0.1, -0.05) is 18.2 Å². The Bertz CT molecular complexity index is 1200. The summed E-state index contributed by atoms with van der Waals surface area (Å²) < 4.78 is 42.5. The average Bonchev–Trinajstić information content (AvgIpc) is 2.87. The zero-order valence-electron chi connectivity index (χ0n) is 21.7. The molecule has 5 unspecified atom stereocenters. The van der Waals surface area contributed by atoms with Crippen molar-refractivity contribution in [3.05, 3.63) is 53.6 Å². The number of carbonyl (C=O) groups excluding carboxylic acids is 4. The van der Waals surface area contributed by atoms with Crippen molar-refractivity contribution in [1.82, 2.24) is 5.32 Å². The first kappa shape index (κ1) is 28.6. The molecule has 1 fully saturated rings. The highest BCUT2D eigenvalue weighted by Gasteiger charge is 2.52. The van der Waals surface area contributed by atoms with E-state index < -0.39 is 55.3 Å². The number of halogens is 1. The third-order valence-corrected chi connectivity index (χ3v) is 5.73.